The van der Waals surface area contributed by atoms with E-state index in [-0.39, 0.29) is 25.7 Å². The van der Waals surface area contributed by atoms with Crippen LogP contribution in [0.5, 0.6) is 0 Å². The third-order valence-corrected chi connectivity index (χ3v) is 6.84. The molecule has 0 aromatic carbocycles. The molecule has 16 heteroatoms. The van der Waals surface area contributed by atoms with Crippen molar-refractivity contribution in [2.75, 3.05) is 28.4 Å². The molecule has 0 spiro atoms. The van der Waals surface area contributed by atoms with E-state index >= 15 is 0 Å². The number of cyclic esters (lactones) is 4. The first-order chi connectivity index (χ1) is 22.0. The zero-order valence-electron chi connectivity index (χ0n) is 26.7. The minimum atomic E-state index is -1.87. The highest BCUT2D eigenvalue weighted by Gasteiger charge is 2.43. The number of hydrogen-bond donors (Lipinski definition) is 0. The van der Waals surface area contributed by atoms with Gasteiger partial charge in [0.1, 0.15) is 0 Å². The first-order valence-corrected chi connectivity index (χ1v) is 15.1. The van der Waals surface area contributed by atoms with E-state index in [1.54, 1.807) is 0 Å². The summed E-state index contributed by atoms with van der Waals surface area (Å²) in [5.74, 6) is -7.77. The van der Waals surface area contributed by atoms with Crippen LogP contribution in [0.4, 0.5) is 0 Å². The maximum Gasteiger partial charge on any atom is 0.351 e. The second-order valence-electron chi connectivity index (χ2n) is 10.3. The third-order valence-electron chi connectivity index (χ3n) is 6.84. The Morgan fingerprint density at radius 3 is 0.739 bits per heavy atom. The van der Waals surface area contributed by atoms with Crippen molar-refractivity contribution in [2.45, 2.75) is 114 Å². The minimum absolute atomic E-state index is 0.133. The predicted molar refractivity (Wildman–Crippen MR) is 152 cm³/mol. The van der Waals surface area contributed by atoms with E-state index in [2.05, 4.69) is 18.9 Å². The molecule has 46 heavy (non-hydrogen) atoms. The van der Waals surface area contributed by atoms with Crippen molar-refractivity contribution in [1.82, 2.24) is 0 Å². The van der Waals surface area contributed by atoms with E-state index in [1.807, 2.05) is 0 Å². The quantitative estimate of drug-likeness (QED) is 0.311. The summed E-state index contributed by atoms with van der Waals surface area (Å²) >= 11 is 0. The number of esters is 8. The van der Waals surface area contributed by atoms with E-state index < -0.39 is 72.2 Å². The number of carbonyl (C=O) groups is 8. The molecular formula is C30H44O16. The summed E-state index contributed by atoms with van der Waals surface area (Å²) in [5.41, 5.74) is 0. The normalized spacial score (nSPS) is 24.1. The van der Waals surface area contributed by atoms with Crippen molar-refractivity contribution in [3.63, 3.8) is 0 Å². The molecule has 260 valence electrons. The molecule has 0 aromatic heterocycles. The van der Waals surface area contributed by atoms with Gasteiger partial charge in [-0.1, -0.05) is 38.5 Å². The van der Waals surface area contributed by atoms with Gasteiger partial charge in [0.15, 0.2) is 0 Å². The van der Waals surface area contributed by atoms with Crippen molar-refractivity contribution in [1.29, 1.82) is 0 Å². The fraction of sp³-hybridized carbons (Fsp3) is 0.733. The van der Waals surface area contributed by atoms with Crippen LogP contribution < -0.4 is 0 Å². The van der Waals surface area contributed by atoms with Crippen molar-refractivity contribution in [3.8, 4) is 0 Å². The van der Waals surface area contributed by atoms with Gasteiger partial charge in [0.25, 0.3) is 0 Å². The molecule has 1 fully saturated rings. The Morgan fingerprint density at radius 2 is 0.565 bits per heavy atom. The fourth-order valence-electron chi connectivity index (χ4n) is 4.34. The van der Waals surface area contributed by atoms with Gasteiger partial charge in [-0.15, -0.1) is 0 Å². The van der Waals surface area contributed by atoms with Crippen LogP contribution in [0.25, 0.3) is 0 Å². The molecule has 0 saturated carbocycles. The van der Waals surface area contributed by atoms with Gasteiger partial charge in [-0.05, 0) is 25.7 Å². The molecule has 4 unspecified atom stereocenters. The summed E-state index contributed by atoms with van der Waals surface area (Å²) in [7, 11) is 4.07. The number of ether oxygens (including phenoxy) is 8. The number of methoxy groups -OCH3 is 4. The lowest BCUT2D eigenvalue weighted by atomic mass is 10.1. The molecule has 0 radical (unpaired) electrons. The van der Waals surface area contributed by atoms with Crippen LogP contribution in [0.15, 0.2) is 0 Å². The molecular weight excluding hydrogens is 616 g/mol. The average molecular weight is 661 g/mol. The topological polar surface area (TPSA) is 210 Å². The van der Waals surface area contributed by atoms with Gasteiger partial charge >= 0.3 is 47.8 Å². The molecule has 1 aliphatic rings. The van der Waals surface area contributed by atoms with E-state index in [1.165, 1.54) is 0 Å². The summed E-state index contributed by atoms with van der Waals surface area (Å²) in [6.07, 6.45) is -3.45. The smallest absolute Gasteiger partial charge is 0.351 e. The van der Waals surface area contributed by atoms with Crippen molar-refractivity contribution >= 4 is 47.8 Å². The second-order valence-corrected chi connectivity index (χ2v) is 10.3. The zero-order chi connectivity index (χ0) is 34.5. The molecule has 0 N–H and O–H groups in total. The molecule has 1 saturated heterocycles. The summed E-state index contributed by atoms with van der Waals surface area (Å²) in [4.78, 5) is 99.5. The third kappa shape index (κ3) is 14.7. The SMILES string of the molecule is COC(=O)C1OC(=O)CCCCCCCC(=O)OC(C(=O)OC)C(C(=O)OC)OC(=O)CCCCCCCC(=O)OC1C(=O)OC. The lowest BCUT2D eigenvalue weighted by molar-refractivity contribution is -0.190. The molecule has 0 aliphatic carbocycles. The van der Waals surface area contributed by atoms with Crippen LogP contribution in [0, 0.1) is 0 Å². The lowest BCUT2D eigenvalue weighted by Crippen LogP contribution is -2.47. The highest BCUT2D eigenvalue weighted by molar-refractivity contribution is 5.90. The molecule has 0 aromatic rings. The Hall–Kier alpha value is -4.24. The van der Waals surface area contributed by atoms with Gasteiger partial charge in [-0.3, -0.25) is 19.2 Å². The minimum Gasteiger partial charge on any atom is -0.466 e. The van der Waals surface area contributed by atoms with Gasteiger partial charge in [0.2, 0.25) is 24.4 Å². The van der Waals surface area contributed by atoms with Crippen molar-refractivity contribution in [3.05, 3.63) is 0 Å². The maximum atomic E-state index is 12.5. The Kier molecular flexibility index (Phi) is 19.3. The van der Waals surface area contributed by atoms with Crippen molar-refractivity contribution < 1.29 is 76.3 Å². The first-order valence-electron chi connectivity index (χ1n) is 15.1. The zero-order valence-corrected chi connectivity index (χ0v) is 26.7. The largest absolute Gasteiger partial charge is 0.466 e. The Bertz CT molecular complexity index is 892. The highest BCUT2D eigenvalue weighted by Crippen LogP contribution is 2.17. The number of rotatable bonds is 4. The van der Waals surface area contributed by atoms with Crippen LogP contribution in [0.2, 0.25) is 0 Å². The molecule has 1 heterocycles. The van der Waals surface area contributed by atoms with E-state index in [0.717, 1.165) is 28.4 Å². The summed E-state index contributed by atoms with van der Waals surface area (Å²) < 4.78 is 39.3. The predicted octanol–water partition coefficient (Wildman–Crippen LogP) is 1.80. The highest BCUT2D eigenvalue weighted by atomic mass is 16.6. The monoisotopic (exact) mass is 660 g/mol. The fourth-order valence-corrected chi connectivity index (χ4v) is 4.34. The first kappa shape index (κ1) is 39.8. The van der Waals surface area contributed by atoms with E-state index in [4.69, 9.17) is 18.9 Å². The second kappa shape index (κ2) is 22.3. The molecule has 0 amide bonds. The summed E-state index contributed by atoms with van der Waals surface area (Å²) in [6.45, 7) is 0. The summed E-state index contributed by atoms with van der Waals surface area (Å²) in [6, 6.07) is 0. The lowest BCUT2D eigenvalue weighted by Gasteiger charge is -2.23. The van der Waals surface area contributed by atoms with Crippen LogP contribution in [0.3, 0.4) is 0 Å². The van der Waals surface area contributed by atoms with Crippen LogP contribution in [0.1, 0.15) is 89.9 Å². The Balaban J connectivity index is 3.03. The van der Waals surface area contributed by atoms with Crippen LogP contribution in [-0.2, 0) is 76.3 Å². The number of carbonyl (C=O) groups excluding carboxylic acids is 8. The van der Waals surface area contributed by atoms with Gasteiger partial charge < -0.3 is 37.9 Å². The van der Waals surface area contributed by atoms with Crippen molar-refractivity contribution in [2.24, 2.45) is 0 Å². The number of hydrogen-bond acceptors (Lipinski definition) is 16. The Morgan fingerprint density at radius 1 is 0.391 bits per heavy atom. The Labute approximate surface area is 267 Å². The van der Waals surface area contributed by atoms with Gasteiger partial charge in [-0.25, -0.2) is 19.2 Å². The molecule has 4 atom stereocenters. The molecule has 1 rings (SSSR count). The molecule has 1 aliphatic heterocycles. The van der Waals surface area contributed by atoms with Crippen LogP contribution in [-0.4, -0.2) is 101 Å². The molecule has 0 bridgehead atoms. The van der Waals surface area contributed by atoms with Gasteiger partial charge in [-0.2, -0.15) is 0 Å². The standard InChI is InChI=1S/C30H44O16/c1-39-27(35)23-24(28(36)40-2)44-20(32)16-12-8-6-10-14-18-22(34)46-26(30(38)42-4)25(29(37)41-3)45-21(33)17-13-9-5-7-11-15-19(31)43-23/h23-26H,5-18H2,1-4H3. The van der Waals surface area contributed by atoms with Gasteiger partial charge in [0.05, 0.1) is 28.4 Å². The molecule has 16 nitrogen and oxygen atoms in total. The maximum absolute atomic E-state index is 12.5. The average Bonchev–Trinajstić information content (AvgIpc) is 3.04. The van der Waals surface area contributed by atoms with E-state index in [9.17, 15) is 38.4 Å². The van der Waals surface area contributed by atoms with Crippen LogP contribution >= 0.6 is 0 Å². The van der Waals surface area contributed by atoms with Gasteiger partial charge in [0, 0.05) is 25.7 Å². The van der Waals surface area contributed by atoms with E-state index in [0.29, 0.717) is 64.2 Å². The summed E-state index contributed by atoms with van der Waals surface area (Å²) in [5, 5.41) is 0.